The zero-order chi connectivity index (χ0) is 22.0. The van der Waals surface area contributed by atoms with Gasteiger partial charge in [-0.15, -0.1) is 0 Å². The molecule has 0 aromatic heterocycles. The maximum atomic E-state index is 13.0. The molecule has 2 aromatic rings. The molecule has 1 N–H and O–H groups in total. The van der Waals surface area contributed by atoms with Crippen molar-refractivity contribution in [2.45, 2.75) is 26.9 Å². The summed E-state index contributed by atoms with van der Waals surface area (Å²) in [5, 5.41) is 2.22. The Morgan fingerprint density at radius 2 is 1.80 bits per heavy atom. The molecule has 7 nitrogen and oxygen atoms in total. The van der Waals surface area contributed by atoms with E-state index in [1.165, 1.54) is 13.2 Å². The second-order valence-electron chi connectivity index (χ2n) is 6.97. The highest BCUT2D eigenvalue weighted by molar-refractivity contribution is 9.10. The molecule has 2 aromatic carbocycles. The molecule has 0 unspecified atom stereocenters. The first kappa shape index (κ1) is 21.6. The summed E-state index contributed by atoms with van der Waals surface area (Å²) in [6.07, 6.45) is 1.38. The molecule has 0 bridgehead atoms. The largest absolute Gasteiger partial charge is 0.493 e. The van der Waals surface area contributed by atoms with Crippen LogP contribution >= 0.6 is 15.9 Å². The van der Waals surface area contributed by atoms with E-state index in [-0.39, 0.29) is 11.7 Å². The number of carbonyl (C=O) groups excluding carboxylic acids is 3. The molecule has 0 radical (unpaired) electrons. The van der Waals surface area contributed by atoms with Crippen LogP contribution in [0.1, 0.15) is 25.0 Å². The first-order valence-electron chi connectivity index (χ1n) is 9.23. The van der Waals surface area contributed by atoms with E-state index in [1.807, 2.05) is 20.8 Å². The van der Waals surface area contributed by atoms with Crippen LogP contribution in [0.4, 0.5) is 10.5 Å². The summed E-state index contributed by atoms with van der Waals surface area (Å²) in [4.78, 5) is 38.7. The van der Waals surface area contributed by atoms with Gasteiger partial charge in [-0.05, 0) is 68.3 Å². The smallest absolute Gasteiger partial charge is 0.335 e. The third-order valence-electron chi connectivity index (χ3n) is 4.36. The van der Waals surface area contributed by atoms with Crippen molar-refractivity contribution in [3.05, 3.63) is 57.6 Å². The van der Waals surface area contributed by atoms with Gasteiger partial charge in [0.1, 0.15) is 5.57 Å². The second kappa shape index (κ2) is 8.71. The van der Waals surface area contributed by atoms with Crippen LogP contribution in [0.2, 0.25) is 0 Å². The van der Waals surface area contributed by atoms with Gasteiger partial charge in [-0.3, -0.25) is 14.9 Å². The predicted octanol–water partition coefficient (Wildman–Crippen LogP) is 4.22. The van der Waals surface area contributed by atoms with E-state index in [9.17, 15) is 14.4 Å². The number of ether oxygens (including phenoxy) is 2. The average Bonchev–Trinajstić information content (AvgIpc) is 2.68. The first-order chi connectivity index (χ1) is 14.2. The second-order valence-corrected chi connectivity index (χ2v) is 7.82. The molecule has 1 aliphatic heterocycles. The van der Waals surface area contributed by atoms with Crippen molar-refractivity contribution in [2.75, 3.05) is 12.0 Å². The number of benzene rings is 2. The molecule has 1 saturated heterocycles. The number of anilines is 1. The van der Waals surface area contributed by atoms with E-state index in [4.69, 9.17) is 9.47 Å². The number of carbonyl (C=O) groups is 3. The number of rotatable bonds is 5. The number of aryl methyl sites for hydroxylation is 1. The molecule has 0 aliphatic carbocycles. The third kappa shape index (κ3) is 4.38. The van der Waals surface area contributed by atoms with E-state index in [0.717, 1.165) is 14.9 Å². The number of hydrogen-bond donors (Lipinski definition) is 1. The normalized spacial score (nSPS) is 15.6. The van der Waals surface area contributed by atoms with E-state index >= 15 is 0 Å². The number of nitrogens with zero attached hydrogens (tertiary/aromatic N) is 1. The molecule has 8 heteroatoms. The summed E-state index contributed by atoms with van der Waals surface area (Å²) < 4.78 is 11.9. The first-order valence-corrected chi connectivity index (χ1v) is 10.0. The van der Waals surface area contributed by atoms with Gasteiger partial charge in [0.15, 0.2) is 11.5 Å². The Hall–Kier alpha value is -3.13. The molecule has 156 valence electrons. The van der Waals surface area contributed by atoms with Crippen molar-refractivity contribution < 1.29 is 23.9 Å². The van der Waals surface area contributed by atoms with Gasteiger partial charge in [0.2, 0.25) is 0 Å². The fourth-order valence-electron chi connectivity index (χ4n) is 2.95. The summed E-state index contributed by atoms with van der Waals surface area (Å²) in [7, 11) is 1.51. The Balaban J connectivity index is 1.99. The monoisotopic (exact) mass is 472 g/mol. The molecule has 3 rings (SSSR count). The van der Waals surface area contributed by atoms with Crippen LogP contribution < -0.4 is 19.7 Å². The number of nitrogens with one attached hydrogen (secondary N) is 1. The van der Waals surface area contributed by atoms with Crippen molar-refractivity contribution in [1.29, 1.82) is 0 Å². The van der Waals surface area contributed by atoms with Crippen LogP contribution in [0.15, 0.2) is 46.4 Å². The minimum Gasteiger partial charge on any atom is -0.493 e. The third-order valence-corrected chi connectivity index (χ3v) is 5.25. The predicted molar refractivity (Wildman–Crippen MR) is 117 cm³/mol. The molecule has 1 heterocycles. The number of urea groups is 1. The van der Waals surface area contributed by atoms with Gasteiger partial charge in [-0.25, -0.2) is 9.69 Å². The quantitative estimate of drug-likeness (QED) is 0.520. The van der Waals surface area contributed by atoms with Crippen molar-refractivity contribution in [1.82, 2.24) is 5.32 Å². The molecule has 0 spiro atoms. The zero-order valence-corrected chi connectivity index (χ0v) is 18.6. The number of methoxy groups -OCH3 is 1. The number of barbiturate groups is 1. The van der Waals surface area contributed by atoms with Gasteiger partial charge in [-0.1, -0.05) is 22.0 Å². The summed E-state index contributed by atoms with van der Waals surface area (Å²) >= 11 is 3.39. The van der Waals surface area contributed by atoms with E-state index in [0.29, 0.717) is 22.7 Å². The molecule has 1 fully saturated rings. The Kier molecular flexibility index (Phi) is 6.26. The lowest BCUT2D eigenvalue weighted by molar-refractivity contribution is -0.122. The summed E-state index contributed by atoms with van der Waals surface area (Å²) in [6.45, 7) is 5.64. The SMILES string of the molecule is COc1cc(/C=C2\C(=O)NC(=O)N(c3ccc(Br)c(C)c3)C2=O)ccc1OC(C)C. The fourth-order valence-corrected chi connectivity index (χ4v) is 3.20. The highest BCUT2D eigenvalue weighted by atomic mass is 79.9. The molecule has 0 saturated carbocycles. The van der Waals surface area contributed by atoms with Gasteiger partial charge in [-0.2, -0.15) is 0 Å². The minimum atomic E-state index is -0.790. The lowest BCUT2D eigenvalue weighted by atomic mass is 10.1. The molecule has 1 aliphatic rings. The maximum Gasteiger partial charge on any atom is 0.335 e. The minimum absolute atomic E-state index is 0.0391. The van der Waals surface area contributed by atoms with E-state index in [1.54, 1.807) is 36.4 Å². The van der Waals surface area contributed by atoms with Crippen molar-refractivity contribution in [2.24, 2.45) is 0 Å². The summed E-state index contributed by atoms with van der Waals surface area (Å²) in [5.74, 6) is -0.432. The highest BCUT2D eigenvalue weighted by Gasteiger charge is 2.37. The molecule has 30 heavy (non-hydrogen) atoms. The lowest BCUT2D eigenvalue weighted by Gasteiger charge is -2.26. The summed E-state index contributed by atoms with van der Waals surface area (Å²) in [5.41, 5.74) is 1.62. The van der Waals surface area contributed by atoms with E-state index < -0.39 is 17.8 Å². The molecule has 4 amide bonds. The molecule has 0 atom stereocenters. The van der Waals surface area contributed by atoms with Crippen LogP contribution in [-0.4, -0.2) is 31.1 Å². The maximum absolute atomic E-state index is 13.0. The number of hydrogen-bond acceptors (Lipinski definition) is 5. The lowest BCUT2D eigenvalue weighted by Crippen LogP contribution is -2.54. The zero-order valence-electron chi connectivity index (χ0n) is 17.0. The van der Waals surface area contributed by atoms with E-state index in [2.05, 4.69) is 21.2 Å². The Bertz CT molecular complexity index is 1060. The Morgan fingerprint density at radius 1 is 1.07 bits per heavy atom. The van der Waals surface area contributed by atoms with Crippen LogP contribution in [0.5, 0.6) is 11.5 Å². The summed E-state index contributed by atoms with van der Waals surface area (Å²) in [6, 6.07) is 9.34. The molecular formula is C22H21BrN2O5. The van der Waals surface area contributed by atoms with Gasteiger partial charge in [0.05, 0.1) is 18.9 Å². The topological polar surface area (TPSA) is 84.9 Å². The van der Waals surface area contributed by atoms with Crippen LogP contribution in [0.3, 0.4) is 0 Å². The van der Waals surface area contributed by atoms with Gasteiger partial charge < -0.3 is 9.47 Å². The average molecular weight is 473 g/mol. The Morgan fingerprint density at radius 3 is 2.43 bits per heavy atom. The van der Waals surface area contributed by atoms with Crippen LogP contribution in [-0.2, 0) is 9.59 Å². The van der Waals surface area contributed by atoms with Crippen molar-refractivity contribution in [3.8, 4) is 11.5 Å². The Labute approximate surface area is 182 Å². The highest BCUT2D eigenvalue weighted by Crippen LogP contribution is 2.31. The fraction of sp³-hybridized carbons (Fsp3) is 0.227. The van der Waals surface area contributed by atoms with Gasteiger partial charge >= 0.3 is 6.03 Å². The van der Waals surface area contributed by atoms with Crippen molar-refractivity contribution in [3.63, 3.8) is 0 Å². The number of amides is 4. The van der Waals surface area contributed by atoms with Crippen LogP contribution in [0, 0.1) is 6.92 Å². The van der Waals surface area contributed by atoms with Gasteiger partial charge in [0.25, 0.3) is 11.8 Å². The standard InChI is InChI=1S/C22H21BrN2O5/c1-12(2)30-18-8-5-14(11-19(18)29-4)10-16-20(26)24-22(28)25(21(16)27)15-6-7-17(23)13(3)9-15/h5-12H,1-4H3,(H,24,26,28)/b16-10+. The van der Waals surface area contributed by atoms with Gasteiger partial charge in [0, 0.05) is 4.47 Å². The number of imide groups is 2. The number of halogens is 1. The molecular weight excluding hydrogens is 452 g/mol. The van der Waals surface area contributed by atoms with Crippen molar-refractivity contribution >= 4 is 45.5 Å². The van der Waals surface area contributed by atoms with Crippen LogP contribution in [0.25, 0.3) is 6.08 Å².